The van der Waals surface area contributed by atoms with Gasteiger partial charge in [0.2, 0.25) is 0 Å². The maximum atomic E-state index is 10.5. The maximum Gasteiger partial charge on any atom is 0.333 e. The Morgan fingerprint density at radius 2 is 1.82 bits per heavy atom. The Bertz CT molecular complexity index is 441. The van der Waals surface area contributed by atoms with Gasteiger partial charge in [0.05, 0.1) is 6.61 Å². The summed E-state index contributed by atoms with van der Waals surface area (Å²) in [4.78, 5) is 0. The minimum atomic E-state index is -3.78. The van der Waals surface area contributed by atoms with Crippen LogP contribution in [0, 0.1) is 0 Å². The second-order valence-corrected chi connectivity index (χ2v) is 6.31. The molecule has 0 aliphatic carbocycles. The summed E-state index contributed by atoms with van der Waals surface area (Å²) in [5.41, 5.74) is 1.18. The van der Waals surface area contributed by atoms with Gasteiger partial charge in [-0.3, -0.25) is 4.18 Å². The summed E-state index contributed by atoms with van der Waals surface area (Å²) in [5, 5.41) is 20.8. The Balaban J connectivity index is 0. The fourth-order valence-electron chi connectivity index (χ4n) is 1.26. The highest BCUT2D eigenvalue weighted by Crippen LogP contribution is 2.10. The van der Waals surface area contributed by atoms with Crippen LogP contribution in [-0.2, 0) is 14.5 Å². The Morgan fingerprint density at radius 3 is 2.23 bits per heavy atom. The molecule has 0 aromatic heterocycles. The van der Waals surface area contributed by atoms with E-state index >= 15 is 0 Å². The van der Waals surface area contributed by atoms with Crippen LogP contribution in [0.1, 0.15) is 46.5 Å². The summed E-state index contributed by atoms with van der Waals surface area (Å²) >= 11 is 0. The molecule has 22 heavy (non-hydrogen) atoms. The molecule has 0 radical (unpaired) electrons. The Hall–Kier alpha value is -0.990. The molecule has 0 saturated heterocycles. The van der Waals surface area contributed by atoms with Crippen molar-refractivity contribution in [3.05, 3.63) is 36.5 Å². The molecule has 0 bridgehead atoms. The van der Waals surface area contributed by atoms with Gasteiger partial charge in [0.25, 0.3) is 0 Å². The molecule has 0 aromatic carbocycles. The quantitative estimate of drug-likeness (QED) is 0.340. The van der Waals surface area contributed by atoms with E-state index < -0.39 is 16.1 Å². The molecule has 0 aliphatic heterocycles. The maximum absolute atomic E-state index is 10.5. The summed E-state index contributed by atoms with van der Waals surface area (Å²) in [6.07, 6.45) is 11.3. The van der Waals surface area contributed by atoms with Crippen molar-refractivity contribution >= 4 is 10.3 Å². The summed E-state index contributed by atoms with van der Waals surface area (Å²) in [6.45, 7) is 8.45. The monoisotopic (exact) mass is 335 g/mol. The molecule has 130 valence electrons. The van der Waals surface area contributed by atoms with Gasteiger partial charge >= 0.3 is 10.3 Å². The fraction of sp³-hybridized carbons (Fsp3) is 0.600. The Morgan fingerprint density at radius 1 is 1.27 bits per heavy atom. The first-order valence-electron chi connectivity index (χ1n) is 7.05. The topological polar surface area (TPSA) is 110 Å². The average Bonchev–Trinajstić information content (AvgIpc) is 2.33. The van der Waals surface area contributed by atoms with Crippen LogP contribution in [0.4, 0.5) is 0 Å². The van der Waals surface area contributed by atoms with Crippen LogP contribution < -0.4 is 5.14 Å². The highest BCUT2D eigenvalue weighted by Gasteiger charge is 2.01. The SMILES string of the molecule is C=C/C(=C\C=C/C)CCCCCOS(N)(=O)=O.CC(C)(O)O. The Labute approximate surface area is 134 Å². The molecule has 4 N–H and O–H groups in total. The molecular weight excluding hydrogens is 306 g/mol. The molecule has 0 saturated carbocycles. The van der Waals surface area contributed by atoms with E-state index in [9.17, 15) is 8.42 Å². The van der Waals surface area contributed by atoms with Crippen LogP contribution in [0.3, 0.4) is 0 Å². The third-order valence-electron chi connectivity index (χ3n) is 2.12. The van der Waals surface area contributed by atoms with Crippen molar-refractivity contribution < 1.29 is 22.8 Å². The smallest absolute Gasteiger partial charge is 0.333 e. The predicted molar refractivity (Wildman–Crippen MR) is 89.1 cm³/mol. The molecule has 7 heteroatoms. The largest absolute Gasteiger partial charge is 0.366 e. The second kappa shape index (κ2) is 12.5. The van der Waals surface area contributed by atoms with Crippen molar-refractivity contribution in [3.63, 3.8) is 0 Å². The van der Waals surface area contributed by atoms with Crippen LogP contribution in [0.5, 0.6) is 0 Å². The normalized spacial score (nSPS) is 12.9. The van der Waals surface area contributed by atoms with Gasteiger partial charge in [-0.2, -0.15) is 8.42 Å². The van der Waals surface area contributed by atoms with E-state index in [1.807, 2.05) is 31.2 Å². The zero-order valence-corrected chi connectivity index (χ0v) is 14.5. The molecule has 0 spiro atoms. The van der Waals surface area contributed by atoms with Crippen molar-refractivity contribution in [2.75, 3.05) is 6.61 Å². The minimum absolute atomic E-state index is 0.154. The zero-order chi connectivity index (χ0) is 17.6. The summed E-state index contributed by atoms with van der Waals surface area (Å²) in [7, 11) is -3.78. The lowest BCUT2D eigenvalue weighted by Gasteiger charge is -2.03. The molecule has 6 nitrogen and oxygen atoms in total. The highest BCUT2D eigenvalue weighted by molar-refractivity contribution is 7.84. The van der Waals surface area contributed by atoms with E-state index in [-0.39, 0.29) is 6.61 Å². The van der Waals surface area contributed by atoms with Crippen LogP contribution in [0.15, 0.2) is 36.5 Å². The molecule has 0 aromatic rings. The van der Waals surface area contributed by atoms with Crippen molar-refractivity contribution in [1.82, 2.24) is 0 Å². The lowest BCUT2D eigenvalue weighted by atomic mass is 10.1. The van der Waals surface area contributed by atoms with Crippen LogP contribution in [-0.4, -0.2) is 31.0 Å². The van der Waals surface area contributed by atoms with E-state index in [1.165, 1.54) is 19.4 Å². The van der Waals surface area contributed by atoms with Gasteiger partial charge < -0.3 is 10.2 Å². The molecule has 0 fully saturated rings. The number of nitrogens with two attached hydrogens (primary N) is 1. The van der Waals surface area contributed by atoms with Gasteiger partial charge in [0.15, 0.2) is 5.79 Å². The molecule has 0 aliphatic rings. The van der Waals surface area contributed by atoms with Gasteiger partial charge in [-0.25, -0.2) is 5.14 Å². The number of hydrogen-bond acceptors (Lipinski definition) is 5. The van der Waals surface area contributed by atoms with E-state index in [0.717, 1.165) is 19.3 Å². The zero-order valence-electron chi connectivity index (χ0n) is 13.7. The van der Waals surface area contributed by atoms with Crippen molar-refractivity contribution in [2.24, 2.45) is 5.14 Å². The number of allylic oxidation sites excluding steroid dienone is 5. The molecule has 0 unspecified atom stereocenters. The number of unbranched alkanes of at least 4 members (excludes halogenated alkanes) is 2. The third kappa shape index (κ3) is 27.4. The molecule has 0 amide bonds. The van der Waals surface area contributed by atoms with Crippen molar-refractivity contribution in [2.45, 2.75) is 52.2 Å². The molecule has 0 rings (SSSR count). The molecule has 0 heterocycles. The second-order valence-electron chi connectivity index (χ2n) is 5.09. The number of hydrogen-bond donors (Lipinski definition) is 3. The minimum Gasteiger partial charge on any atom is -0.366 e. The average molecular weight is 335 g/mol. The fourth-order valence-corrected chi connectivity index (χ4v) is 1.61. The lowest BCUT2D eigenvalue weighted by Crippen LogP contribution is -2.16. The Kier molecular flexibility index (Phi) is 13.3. The third-order valence-corrected chi connectivity index (χ3v) is 2.62. The van der Waals surface area contributed by atoms with E-state index in [0.29, 0.717) is 6.42 Å². The number of rotatable bonds is 9. The van der Waals surface area contributed by atoms with Crippen LogP contribution in [0.25, 0.3) is 0 Å². The van der Waals surface area contributed by atoms with Crippen LogP contribution in [0.2, 0.25) is 0 Å². The first-order valence-corrected chi connectivity index (χ1v) is 8.53. The standard InChI is InChI=1S/C12H21NO3S.C3H8O2/c1-3-5-9-12(4-2)10-7-6-8-11-16-17(13,14)15;1-3(2,4)5/h3-5,9H,2,6-8,10-11H2,1H3,(H2,13,14,15);4-5H,1-2H3/b5-3-,12-9+;. The van der Waals surface area contributed by atoms with Crippen molar-refractivity contribution in [1.29, 1.82) is 0 Å². The first-order chi connectivity index (χ1) is 9.99. The van der Waals surface area contributed by atoms with E-state index in [1.54, 1.807) is 0 Å². The first kappa shape index (κ1) is 23.3. The highest BCUT2D eigenvalue weighted by atomic mass is 32.2. The lowest BCUT2D eigenvalue weighted by molar-refractivity contribution is -0.127. The molecular formula is C15H29NO5S. The summed E-state index contributed by atoms with van der Waals surface area (Å²) in [5.74, 6) is -1.50. The van der Waals surface area contributed by atoms with Gasteiger partial charge in [-0.15, -0.1) is 0 Å². The van der Waals surface area contributed by atoms with Gasteiger partial charge in [0, 0.05) is 0 Å². The summed E-state index contributed by atoms with van der Waals surface area (Å²) in [6, 6.07) is 0. The summed E-state index contributed by atoms with van der Waals surface area (Å²) < 4.78 is 25.4. The van der Waals surface area contributed by atoms with Gasteiger partial charge in [-0.1, -0.05) is 37.3 Å². The van der Waals surface area contributed by atoms with Gasteiger partial charge in [0.1, 0.15) is 0 Å². The van der Waals surface area contributed by atoms with E-state index in [2.05, 4.69) is 10.8 Å². The van der Waals surface area contributed by atoms with Gasteiger partial charge in [-0.05, 0) is 45.6 Å². The van der Waals surface area contributed by atoms with Crippen LogP contribution >= 0.6 is 0 Å². The molecule has 0 atom stereocenters. The van der Waals surface area contributed by atoms with E-state index in [4.69, 9.17) is 15.4 Å². The predicted octanol–water partition coefficient (Wildman–Crippen LogP) is 2.16. The number of aliphatic hydroxyl groups is 2. The van der Waals surface area contributed by atoms with Crippen molar-refractivity contribution in [3.8, 4) is 0 Å².